The maximum Gasteiger partial charge on any atom is -0.0286 e. The third-order valence-corrected chi connectivity index (χ3v) is 2.27. The number of hydrogen-bond acceptors (Lipinski definition) is 0. The average molecular weight is 136 g/mol. The monoisotopic (exact) mass is 136 g/mol. The molecule has 56 valence electrons. The van der Waals surface area contributed by atoms with Crippen molar-refractivity contribution in [3.05, 3.63) is 23.3 Å². The standard InChI is InChI=1S/C10H16/c1-9-7-5-3-4-6-8-10(9)2/h3-4H,5-8H2,1-2H3/b4-3-,10-9-. The number of rotatable bonds is 0. The summed E-state index contributed by atoms with van der Waals surface area (Å²) in [6, 6.07) is 0. The predicted molar refractivity (Wildman–Crippen MR) is 46.0 cm³/mol. The Kier molecular flexibility index (Phi) is 2.73. The van der Waals surface area contributed by atoms with Gasteiger partial charge in [0.05, 0.1) is 0 Å². The van der Waals surface area contributed by atoms with Crippen molar-refractivity contribution in [2.75, 3.05) is 0 Å². The molecule has 0 heteroatoms. The Hall–Kier alpha value is -0.520. The Bertz CT molecular complexity index is 143. The predicted octanol–water partition coefficient (Wildman–Crippen LogP) is 3.45. The van der Waals surface area contributed by atoms with Gasteiger partial charge in [0.15, 0.2) is 0 Å². The fraction of sp³-hybridized carbons (Fsp3) is 0.600. The van der Waals surface area contributed by atoms with Crippen molar-refractivity contribution >= 4 is 0 Å². The minimum atomic E-state index is 1.24. The molecule has 0 amide bonds. The first-order valence-corrected chi connectivity index (χ1v) is 4.11. The van der Waals surface area contributed by atoms with Crippen LogP contribution in [0.4, 0.5) is 0 Å². The molecule has 0 unspecified atom stereocenters. The largest absolute Gasteiger partial charge is 0.0882 e. The maximum atomic E-state index is 2.30. The summed E-state index contributed by atoms with van der Waals surface area (Å²) in [6.07, 6.45) is 9.61. The van der Waals surface area contributed by atoms with E-state index in [1.807, 2.05) is 0 Å². The van der Waals surface area contributed by atoms with E-state index in [4.69, 9.17) is 0 Å². The molecule has 1 aliphatic rings. The normalized spacial score (nSPS) is 31.0. The Morgan fingerprint density at radius 2 is 1.30 bits per heavy atom. The van der Waals surface area contributed by atoms with Crippen molar-refractivity contribution in [3.63, 3.8) is 0 Å². The van der Waals surface area contributed by atoms with Crippen LogP contribution in [-0.2, 0) is 0 Å². The molecular formula is C10H16. The van der Waals surface area contributed by atoms with E-state index in [2.05, 4.69) is 26.0 Å². The molecular weight excluding hydrogens is 120 g/mol. The highest BCUT2D eigenvalue weighted by atomic mass is 14.0. The van der Waals surface area contributed by atoms with Gasteiger partial charge in [-0.3, -0.25) is 0 Å². The molecule has 0 saturated heterocycles. The van der Waals surface area contributed by atoms with Gasteiger partial charge < -0.3 is 0 Å². The number of allylic oxidation sites excluding steroid dienone is 4. The fourth-order valence-electron chi connectivity index (χ4n) is 1.26. The summed E-state index contributed by atoms with van der Waals surface area (Å²) in [4.78, 5) is 0. The molecule has 0 aliphatic heterocycles. The maximum absolute atomic E-state index is 2.30. The molecule has 0 bridgehead atoms. The highest BCUT2D eigenvalue weighted by Crippen LogP contribution is 2.17. The lowest BCUT2D eigenvalue weighted by atomic mass is 9.99. The molecule has 1 aliphatic carbocycles. The Labute approximate surface area is 63.6 Å². The molecule has 10 heavy (non-hydrogen) atoms. The molecule has 0 atom stereocenters. The lowest BCUT2D eigenvalue weighted by Gasteiger charge is -2.07. The van der Waals surface area contributed by atoms with Crippen LogP contribution in [0.3, 0.4) is 0 Å². The van der Waals surface area contributed by atoms with Gasteiger partial charge in [0.25, 0.3) is 0 Å². The van der Waals surface area contributed by atoms with Crippen LogP contribution < -0.4 is 0 Å². The minimum Gasteiger partial charge on any atom is -0.0882 e. The summed E-state index contributed by atoms with van der Waals surface area (Å²) in [5.41, 5.74) is 3.20. The van der Waals surface area contributed by atoms with E-state index in [9.17, 15) is 0 Å². The van der Waals surface area contributed by atoms with Crippen LogP contribution in [-0.4, -0.2) is 0 Å². The molecule has 0 heterocycles. The molecule has 0 nitrogen and oxygen atoms in total. The third-order valence-electron chi connectivity index (χ3n) is 2.27. The second-order valence-electron chi connectivity index (χ2n) is 3.11. The molecule has 0 aromatic heterocycles. The van der Waals surface area contributed by atoms with E-state index in [1.54, 1.807) is 11.1 Å². The van der Waals surface area contributed by atoms with Gasteiger partial charge in [-0.25, -0.2) is 0 Å². The van der Waals surface area contributed by atoms with Gasteiger partial charge >= 0.3 is 0 Å². The molecule has 0 fully saturated rings. The zero-order chi connectivity index (χ0) is 7.40. The quantitative estimate of drug-likeness (QED) is 0.447. The van der Waals surface area contributed by atoms with Crippen LogP contribution in [0.1, 0.15) is 39.5 Å². The van der Waals surface area contributed by atoms with Crippen molar-refractivity contribution in [1.29, 1.82) is 0 Å². The van der Waals surface area contributed by atoms with Crippen LogP contribution in [0, 0.1) is 0 Å². The van der Waals surface area contributed by atoms with Gasteiger partial charge in [-0.2, -0.15) is 0 Å². The molecule has 0 N–H and O–H groups in total. The van der Waals surface area contributed by atoms with Gasteiger partial charge in [0.2, 0.25) is 0 Å². The third kappa shape index (κ3) is 2.02. The molecule has 0 aromatic carbocycles. The fourth-order valence-corrected chi connectivity index (χ4v) is 1.26. The van der Waals surface area contributed by atoms with Crippen LogP contribution in [0.25, 0.3) is 0 Å². The van der Waals surface area contributed by atoms with Gasteiger partial charge in [0.1, 0.15) is 0 Å². The van der Waals surface area contributed by atoms with Crippen molar-refractivity contribution in [1.82, 2.24) is 0 Å². The SMILES string of the molecule is C/C1=C(\C)CC/C=C\CC1. The van der Waals surface area contributed by atoms with E-state index in [-0.39, 0.29) is 0 Å². The lowest BCUT2D eigenvalue weighted by molar-refractivity contribution is 0.864. The highest BCUT2D eigenvalue weighted by Gasteiger charge is 1.97. The van der Waals surface area contributed by atoms with Gasteiger partial charge in [-0.05, 0) is 39.5 Å². The smallest absolute Gasteiger partial charge is 0.0286 e. The Morgan fingerprint density at radius 1 is 0.900 bits per heavy atom. The molecule has 0 spiro atoms. The average Bonchev–Trinajstić information content (AvgIpc) is 1.92. The first kappa shape index (κ1) is 7.59. The number of hydrogen-bond donors (Lipinski definition) is 0. The van der Waals surface area contributed by atoms with Gasteiger partial charge in [-0.15, -0.1) is 0 Å². The van der Waals surface area contributed by atoms with Crippen molar-refractivity contribution in [3.8, 4) is 0 Å². The van der Waals surface area contributed by atoms with Gasteiger partial charge in [-0.1, -0.05) is 23.3 Å². The van der Waals surface area contributed by atoms with E-state index < -0.39 is 0 Å². The Morgan fingerprint density at radius 3 is 1.70 bits per heavy atom. The van der Waals surface area contributed by atoms with E-state index in [0.29, 0.717) is 0 Å². The topological polar surface area (TPSA) is 0 Å². The molecule has 0 saturated carbocycles. The summed E-state index contributed by atoms with van der Waals surface area (Å²) in [7, 11) is 0. The zero-order valence-electron chi connectivity index (χ0n) is 6.98. The summed E-state index contributed by atoms with van der Waals surface area (Å²) in [5, 5.41) is 0. The van der Waals surface area contributed by atoms with Crippen LogP contribution in [0.2, 0.25) is 0 Å². The second kappa shape index (κ2) is 3.60. The first-order chi connectivity index (χ1) is 4.80. The summed E-state index contributed by atoms with van der Waals surface area (Å²) >= 11 is 0. The Balaban J connectivity index is 2.57. The summed E-state index contributed by atoms with van der Waals surface area (Å²) < 4.78 is 0. The lowest BCUT2D eigenvalue weighted by Crippen LogP contribution is -1.87. The van der Waals surface area contributed by atoms with E-state index in [0.717, 1.165) is 0 Å². The highest BCUT2D eigenvalue weighted by molar-refractivity contribution is 5.12. The van der Waals surface area contributed by atoms with Crippen molar-refractivity contribution in [2.24, 2.45) is 0 Å². The van der Waals surface area contributed by atoms with Crippen LogP contribution >= 0.6 is 0 Å². The summed E-state index contributed by atoms with van der Waals surface area (Å²) in [6.45, 7) is 4.52. The molecule has 0 aromatic rings. The van der Waals surface area contributed by atoms with Crippen LogP contribution in [0.15, 0.2) is 23.3 Å². The van der Waals surface area contributed by atoms with Crippen LogP contribution in [0.5, 0.6) is 0 Å². The second-order valence-corrected chi connectivity index (χ2v) is 3.11. The van der Waals surface area contributed by atoms with E-state index in [1.165, 1.54) is 25.7 Å². The van der Waals surface area contributed by atoms with Crippen molar-refractivity contribution in [2.45, 2.75) is 39.5 Å². The minimum absolute atomic E-state index is 1.24. The first-order valence-electron chi connectivity index (χ1n) is 4.11. The molecule has 1 rings (SSSR count). The molecule has 0 radical (unpaired) electrons. The zero-order valence-corrected chi connectivity index (χ0v) is 6.98. The van der Waals surface area contributed by atoms with E-state index >= 15 is 0 Å². The van der Waals surface area contributed by atoms with Gasteiger partial charge in [0, 0.05) is 0 Å². The van der Waals surface area contributed by atoms with Crippen molar-refractivity contribution < 1.29 is 0 Å². The summed E-state index contributed by atoms with van der Waals surface area (Å²) in [5.74, 6) is 0.